The van der Waals surface area contributed by atoms with Crippen LogP contribution in [0.25, 0.3) is 0 Å². The number of nitrogens with zero attached hydrogens (tertiary/aromatic N) is 2. The summed E-state index contributed by atoms with van der Waals surface area (Å²) < 4.78 is 32.4. The Kier molecular flexibility index (Phi) is 3.49. The van der Waals surface area contributed by atoms with E-state index in [-0.39, 0.29) is 16.9 Å². The average molecular weight is 271 g/mol. The minimum absolute atomic E-state index is 0.0239. The molecule has 0 saturated heterocycles. The molecule has 0 aromatic heterocycles. The Balaban J connectivity index is 2.46. The standard InChI is InChI=1S/C14H7F2N3O/c15-11-3-8(6-17)4-12(16)14(11)20-13-2-1-10(19)5-9(13)7-18/h1-5H,19H2. The molecule has 0 aliphatic heterocycles. The van der Waals surface area contributed by atoms with Crippen LogP contribution in [-0.4, -0.2) is 0 Å². The van der Waals surface area contributed by atoms with Crippen molar-refractivity contribution in [1.29, 1.82) is 10.5 Å². The van der Waals surface area contributed by atoms with Crippen molar-refractivity contribution in [2.45, 2.75) is 0 Å². The van der Waals surface area contributed by atoms with Crippen molar-refractivity contribution >= 4 is 5.69 Å². The van der Waals surface area contributed by atoms with Gasteiger partial charge in [0.25, 0.3) is 0 Å². The molecular weight excluding hydrogens is 264 g/mol. The highest BCUT2D eigenvalue weighted by molar-refractivity contribution is 5.54. The number of hydrogen-bond donors (Lipinski definition) is 1. The van der Waals surface area contributed by atoms with E-state index in [0.717, 1.165) is 12.1 Å². The van der Waals surface area contributed by atoms with E-state index in [1.807, 2.05) is 6.07 Å². The van der Waals surface area contributed by atoms with Crippen molar-refractivity contribution in [2.24, 2.45) is 0 Å². The summed E-state index contributed by atoms with van der Waals surface area (Å²) in [4.78, 5) is 0. The van der Waals surface area contributed by atoms with Gasteiger partial charge in [-0.25, -0.2) is 8.78 Å². The van der Waals surface area contributed by atoms with E-state index in [4.69, 9.17) is 21.0 Å². The third-order valence-corrected chi connectivity index (χ3v) is 2.46. The normalized spacial score (nSPS) is 9.60. The summed E-state index contributed by atoms with van der Waals surface area (Å²) in [6.45, 7) is 0. The lowest BCUT2D eigenvalue weighted by Crippen LogP contribution is -1.97. The van der Waals surface area contributed by atoms with Gasteiger partial charge in [-0.15, -0.1) is 0 Å². The molecule has 0 aliphatic rings. The quantitative estimate of drug-likeness (QED) is 0.851. The molecule has 4 nitrogen and oxygen atoms in total. The van der Waals surface area contributed by atoms with Crippen LogP contribution in [-0.2, 0) is 0 Å². The van der Waals surface area contributed by atoms with Crippen molar-refractivity contribution < 1.29 is 13.5 Å². The second-order valence-electron chi connectivity index (χ2n) is 3.85. The zero-order valence-corrected chi connectivity index (χ0v) is 10.0. The molecule has 0 radical (unpaired) electrons. The third kappa shape index (κ3) is 2.50. The maximum Gasteiger partial charge on any atom is 0.198 e. The second kappa shape index (κ2) is 5.25. The number of rotatable bonds is 2. The van der Waals surface area contributed by atoms with Gasteiger partial charge >= 0.3 is 0 Å². The van der Waals surface area contributed by atoms with Gasteiger partial charge in [-0.05, 0) is 30.3 Å². The van der Waals surface area contributed by atoms with Crippen molar-refractivity contribution in [1.82, 2.24) is 0 Å². The molecule has 98 valence electrons. The molecule has 0 unspecified atom stereocenters. The van der Waals surface area contributed by atoms with E-state index < -0.39 is 17.4 Å². The number of nitrogen functional groups attached to an aromatic ring is 1. The van der Waals surface area contributed by atoms with Crippen molar-refractivity contribution in [3.63, 3.8) is 0 Å². The number of nitriles is 2. The molecule has 0 atom stereocenters. The van der Waals surface area contributed by atoms with E-state index in [1.165, 1.54) is 18.2 Å². The van der Waals surface area contributed by atoms with Crippen molar-refractivity contribution in [3.8, 4) is 23.6 Å². The Morgan fingerprint density at radius 2 is 1.65 bits per heavy atom. The highest BCUT2D eigenvalue weighted by Crippen LogP contribution is 2.31. The van der Waals surface area contributed by atoms with Gasteiger partial charge in [0.05, 0.1) is 17.2 Å². The molecule has 0 bridgehead atoms. The molecule has 0 amide bonds. The summed E-state index contributed by atoms with van der Waals surface area (Å²) >= 11 is 0. The average Bonchev–Trinajstić information content (AvgIpc) is 2.43. The van der Waals surface area contributed by atoms with E-state index in [9.17, 15) is 8.78 Å². The van der Waals surface area contributed by atoms with Gasteiger partial charge in [0.1, 0.15) is 11.8 Å². The number of hydrogen-bond acceptors (Lipinski definition) is 4. The molecule has 0 spiro atoms. The summed E-state index contributed by atoms with van der Waals surface area (Å²) in [6.07, 6.45) is 0. The molecule has 6 heteroatoms. The van der Waals surface area contributed by atoms with Crippen LogP contribution in [0.3, 0.4) is 0 Å². The smallest absolute Gasteiger partial charge is 0.198 e. The summed E-state index contributed by atoms with van der Waals surface area (Å²) in [7, 11) is 0. The largest absolute Gasteiger partial charge is 0.450 e. The molecule has 2 aromatic rings. The van der Waals surface area contributed by atoms with E-state index >= 15 is 0 Å². The Hall–Kier alpha value is -3.12. The van der Waals surface area contributed by atoms with Crippen LogP contribution in [0.5, 0.6) is 11.5 Å². The molecule has 0 saturated carbocycles. The Labute approximate surface area is 113 Å². The number of ether oxygens (including phenoxy) is 1. The lowest BCUT2D eigenvalue weighted by Gasteiger charge is -2.10. The molecule has 2 N–H and O–H groups in total. The van der Waals surface area contributed by atoms with Gasteiger partial charge in [-0.3, -0.25) is 0 Å². The van der Waals surface area contributed by atoms with Gasteiger partial charge in [0.15, 0.2) is 17.4 Å². The fraction of sp³-hybridized carbons (Fsp3) is 0. The second-order valence-corrected chi connectivity index (χ2v) is 3.85. The van der Waals surface area contributed by atoms with Gasteiger partial charge in [0.2, 0.25) is 0 Å². The maximum atomic E-state index is 13.7. The first kappa shape index (κ1) is 13.3. The molecule has 2 rings (SSSR count). The first-order chi connectivity index (χ1) is 9.55. The van der Waals surface area contributed by atoms with E-state index in [0.29, 0.717) is 5.69 Å². The zero-order chi connectivity index (χ0) is 14.7. The van der Waals surface area contributed by atoms with Gasteiger partial charge in [-0.2, -0.15) is 10.5 Å². The minimum Gasteiger partial charge on any atom is -0.450 e. The molecule has 0 fully saturated rings. The summed E-state index contributed by atoms with van der Waals surface area (Å²) in [6, 6.07) is 9.25. The summed E-state index contributed by atoms with van der Waals surface area (Å²) in [5.41, 5.74) is 5.72. The first-order valence-corrected chi connectivity index (χ1v) is 5.41. The number of halogens is 2. The zero-order valence-electron chi connectivity index (χ0n) is 10.0. The first-order valence-electron chi connectivity index (χ1n) is 5.41. The number of nitrogens with two attached hydrogens (primary N) is 1. The fourth-order valence-electron chi connectivity index (χ4n) is 1.56. The van der Waals surface area contributed by atoms with Crippen molar-refractivity contribution in [2.75, 3.05) is 5.73 Å². The van der Waals surface area contributed by atoms with Crippen LogP contribution in [0.4, 0.5) is 14.5 Å². The van der Waals surface area contributed by atoms with Gasteiger partial charge in [-0.1, -0.05) is 0 Å². The Bertz CT molecular complexity index is 737. The van der Waals surface area contributed by atoms with Crippen LogP contribution in [0.15, 0.2) is 30.3 Å². The van der Waals surface area contributed by atoms with E-state index in [1.54, 1.807) is 6.07 Å². The van der Waals surface area contributed by atoms with Crippen molar-refractivity contribution in [3.05, 3.63) is 53.1 Å². The monoisotopic (exact) mass is 271 g/mol. The van der Waals surface area contributed by atoms with Gasteiger partial charge in [0, 0.05) is 5.69 Å². The Morgan fingerprint density at radius 1 is 1.00 bits per heavy atom. The highest BCUT2D eigenvalue weighted by atomic mass is 19.1. The summed E-state index contributed by atoms with van der Waals surface area (Å²) in [5, 5.41) is 17.5. The Morgan fingerprint density at radius 3 is 2.20 bits per heavy atom. The minimum atomic E-state index is -1.03. The van der Waals surface area contributed by atoms with Crippen LogP contribution in [0.2, 0.25) is 0 Å². The molecular formula is C14H7F2N3O. The summed E-state index contributed by atoms with van der Waals surface area (Å²) in [5.74, 6) is -2.75. The van der Waals surface area contributed by atoms with Crippen LogP contribution in [0.1, 0.15) is 11.1 Å². The van der Waals surface area contributed by atoms with Gasteiger partial charge < -0.3 is 10.5 Å². The third-order valence-electron chi connectivity index (χ3n) is 2.46. The topological polar surface area (TPSA) is 82.8 Å². The number of anilines is 1. The molecule has 0 heterocycles. The molecule has 20 heavy (non-hydrogen) atoms. The maximum absolute atomic E-state index is 13.7. The SMILES string of the molecule is N#Cc1cc(F)c(Oc2ccc(N)cc2C#N)c(F)c1. The lowest BCUT2D eigenvalue weighted by molar-refractivity contribution is 0.406. The van der Waals surface area contributed by atoms with Crippen LogP contribution < -0.4 is 10.5 Å². The number of benzene rings is 2. The predicted octanol–water partition coefficient (Wildman–Crippen LogP) is 3.08. The molecule has 0 aliphatic carbocycles. The molecule has 2 aromatic carbocycles. The van der Waals surface area contributed by atoms with Crippen LogP contribution >= 0.6 is 0 Å². The predicted molar refractivity (Wildman–Crippen MR) is 66.7 cm³/mol. The van der Waals surface area contributed by atoms with E-state index in [2.05, 4.69) is 0 Å². The fourth-order valence-corrected chi connectivity index (χ4v) is 1.56. The highest BCUT2D eigenvalue weighted by Gasteiger charge is 2.15. The lowest BCUT2D eigenvalue weighted by atomic mass is 10.2. The van der Waals surface area contributed by atoms with Crippen LogP contribution in [0, 0.1) is 34.3 Å².